The summed E-state index contributed by atoms with van der Waals surface area (Å²) >= 11 is 0. The molecule has 0 saturated carbocycles. The Morgan fingerprint density at radius 1 is 1.19 bits per heavy atom. The minimum atomic E-state index is 0.106. The van der Waals surface area contributed by atoms with Gasteiger partial charge in [0.25, 0.3) is 0 Å². The maximum absolute atomic E-state index is 9.63. The standard InChI is InChI=1S/C13H21NO2/c1-3-4-5-8-14(2)10-11-6-7-12(15)9-13(11)16/h6-7,9,15-16H,3-5,8,10H2,1-2H3. The van der Waals surface area contributed by atoms with Gasteiger partial charge in [0, 0.05) is 18.2 Å². The lowest BCUT2D eigenvalue weighted by Gasteiger charge is -2.17. The molecule has 0 spiro atoms. The Morgan fingerprint density at radius 3 is 2.56 bits per heavy atom. The zero-order valence-corrected chi connectivity index (χ0v) is 10.1. The summed E-state index contributed by atoms with van der Waals surface area (Å²) in [6.45, 7) is 3.94. The average Bonchev–Trinajstić information content (AvgIpc) is 2.23. The second kappa shape index (κ2) is 6.38. The molecule has 0 aliphatic heterocycles. The van der Waals surface area contributed by atoms with Crippen LogP contribution in [0.1, 0.15) is 31.7 Å². The average molecular weight is 223 g/mol. The lowest BCUT2D eigenvalue weighted by molar-refractivity contribution is 0.312. The summed E-state index contributed by atoms with van der Waals surface area (Å²) in [7, 11) is 2.04. The summed E-state index contributed by atoms with van der Waals surface area (Å²) in [5, 5.41) is 18.8. The fourth-order valence-electron chi connectivity index (χ4n) is 1.69. The van der Waals surface area contributed by atoms with Gasteiger partial charge in [-0.25, -0.2) is 0 Å². The highest BCUT2D eigenvalue weighted by Gasteiger charge is 2.05. The number of phenolic OH excluding ortho intramolecular Hbond substituents is 2. The van der Waals surface area contributed by atoms with Crippen LogP contribution in [0.25, 0.3) is 0 Å². The Morgan fingerprint density at radius 2 is 1.94 bits per heavy atom. The summed E-state index contributed by atoms with van der Waals surface area (Å²) in [6.07, 6.45) is 3.65. The Labute approximate surface area is 97.3 Å². The van der Waals surface area contributed by atoms with E-state index in [0.29, 0.717) is 0 Å². The molecule has 0 aromatic heterocycles. The highest BCUT2D eigenvalue weighted by molar-refractivity contribution is 5.38. The van der Waals surface area contributed by atoms with Crippen molar-refractivity contribution in [2.45, 2.75) is 32.7 Å². The van der Waals surface area contributed by atoms with E-state index in [1.165, 1.54) is 25.3 Å². The van der Waals surface area contributed by atoms with E-state index >= 15 is 0 Å². The largest absolute Gasteiger partial charge is 0.508 e. The van der Waals surface area contributed by atoms with Crippen molar-refractivity contribution in [3.05, 3.63) is 23.8 Å². The molecule has 0 aliphatic carbocycles. The smallest absolute Gasteiger partial charge is 0.123 e. The molecule has 2 N–H and O–H groups in total. The number of nitrogens with zero attached hydrogens (tertiary/aromatic N) is 1. The zero-order valence-electron chi connectivity index (χ0n) is 10.1. The molecular formula is C13H21NO2. The van der Waals surface area contributed by atoms with Gasteiger partial charge in [-0.05, 0) is 26.1 Å². The number of phenols is 2. The zero-order chi connectivity index (χ0) is 12.0. The van der Waals surface area contributed by atoms with Gasteiger partial charge in [0.05, 0.1) is 0 Å². The Hall–Kier alpha value is -1.22. The van der Waals surface area contributed by atoms with Gasteiger partial charge in [-0.3, -0.25) is 0 Å². The van der Waals surface area contributed by atoms with Gasteiger partial charge in [-0.1, -0.05) is 25.8 Å². The van der Waals surface area contributed by atoms with Crippen LogP contribution in [-0.2, 0) is 6.54 Å². The van der Waals surface area contributed by atoms with E-state index < -0.39 is 0 Å². The number of unbranched alkanes of at least 4 members (excludes halogenated alkanes) is 2. The van der Waals surface area contributed by atoms with Gasteiger partial charge in [0.15, 0.2) is 0 Å². The molecular weight excluding hydrogens is 202 g/mol. The normalized spacial score (nSPS) is 10.9. The highest BCUT2D eigenvalue weighted by atomic mass is 16.3. The topological polar surface area (TPSA) is 43.7 Å². The third-order valence-electron chi connectivity index (χ3n) is 2.65. The van der Waals surface area contributed by atoms with Crippen LogP contribution in [0.2, 0.25) is 0 Å². The van der Waals surface area contributed by atoms with Gasteiger partial charge >= 0.3 is 0 Å². The third-order valence-corrected chi connectivity index (χ3v) is 2.65. The quantitative estimate of drug-likeness (QED) is 0.729. The first-order chi connectivity index (χ1) is 7.63. The van der Waals surface area contributed by atoms with Crippen LogP contribution in [0, 0.1) is 0 Å². The van der Waals surface area contributed by atoms with Crippen molar-refractivity contribution < 1.29 is 10.2 Å². The Bertz CT molecular complexity index is 326. The summed E-state index contributed by atoms with van der Waals surface area (Å²) < 4.78 is 0. The molecule has 0 bridgehead atoms. The molecule has 1 aromatic rings. The second-order valence-electron chi connectivity index (χ2n) is 4.26. The van der Waals surface area contributed by atoms with Crippen molar-refractivity contribution in [3.63, 3.8) is 0 Å². The van der Waals surface area contributed by atoms with E-state index in [4.69, 9.17) is 0 Å². The van der Waals surface area contributed by atoms with E-state index in [2.05, 4.69) is 11.8 Å². The van der Waals surface area contributed by atoms with Gasteiger partial charge in [0.1, 0.15) is 11.5 Å². The summed E-state index contributed by atoms with van der Waals surface area (Å²) in [5.74, 6) is 0.275. The van der Waals surface area contributed by atoms with Crippen LogP contribution in [-0.4, -0.2) is 28.7 Å². The lowest BCUT2D eigenvalue weighted by Crippen LogP contribution is -2.19. The van der Waals surface area contributed by atoms with Gasteiger partial charge in [-0.2, -0.15) is 0 Å². The van der Waals surface area contributed by atoms with Crippen molar-refractivity contribution in [2.75, 3.05) is 13.6 Å². The van der Waals surface area contributed by atoms with E-state index in [0.717, 1.165) is 18.7 Å². The van der Waals surface area contributed by atoms with Gasteiger partial charge in [0.2, 0.25) is 0 Å². The molecule has 16 heavy (non-hydrogen) atoms. The molecule has 0 radical (unpaired) electrons. The van der Waals surface area contributed by atoms with E-state index in [1.807, 2.05) is 7.05 Å². The number of benzene rings is 1. The minimum Gasteiger partial charge on any atom is -0.508 e. The molecule has 90 valence electrons. The minimum absolute atomic E-state index is 0.106. The molecule has 1 aromatic carbocycles. The van der Waals surface area contributed by atoms with Gasteiger partial charge < -0.3 is 15.1 Å². The fraction of sp³-hybridized carbons (Fsp3) is 0.538. The van der Waals surface area contributed by atoms with Crippen LogP contribution in [0.3, 0.4) is 0 Å². The molecule has 0 fully saturated rings. The van der Waals surface area contributed by atoms with Crippen LogP contribution in [0.4, 0.5) is 0 Å². The highest BCUT2D eigenvalue weighted by Crippen LogP contribution is 2.23. The lowest BCUT2D eigenvalue weighted by atomic mass is 10.1. The molecule has 0 unspecified atom stereocenters. The first-order valence-electron chi connectivity index (χ1n) is 5.83. The summed E-state index contributed by atoms with van der Waals surface area (Å²) in [4.78, 5) is 2.18. The van der Waals surface area contributed by atoms with Crippen molar-refractivity contribution in [1.29, 1.82) is 0 Å². The maximum Gasteiger partial charge on any atom is 0.123 e. The maximum atomic E-state index is 9.63. The molecule has 0 heterocycles. The monoisotopic (exact) mass is 223 g/mol. The Balaban J connectivity index is 2.46. The van der Waals surface area contributed by atoms with Crippen LogP contribution in [0.15, 0.2) is 18.2 Å². The van der Waals surface area contributed by atoms with Crippen LogP contribution >= 0.6 is 0 Å². The van der Waals surface area contributed by atoms with Crippen molar-refractivity contribution in [1.82, 2.24) is 4.90 Å². The molecule has 1 rings (SSSR count). The predicted molar refractivity (Wildman–Crippen MR) is 65.6 cm³/mol. The first kappa shape index (κ1) is 12.8. The third kappa shape index (κ3) is 4.11. The fourth-order valence-corrected chi connectivity index (χ4v) is 1.69. The number of aromatic hydroxyl groups is 2. The van der Waals surface area contributed by atoms with Gasteiger partial charge in [-0.15, -0.1) is 0 Å². The molecule has 0 aliphatic rings. The van der Waals surface area contributed by atoms with Crippen LogP contribution < -0.4 is 0 Å². The SMILES string of the molecule is CCCCCN(C)Cc1ccc(O)cc1O. The van der Waals surface area contributed by atoms with E-state index in [1.54, 1.807) is 12.1 Å². The summed E-state index contributed by atoms with van der Waals surface area (Å²) in [6, 6.07) is 4.76. The van der Waals surface area contributed by atoms with Crippen molar-refractivity contribution >= 4 is 0 Å². The van der Waals surface area contributed by atoms with Crippen molar-refractivity contribution in [2.24, 2.45) is 0 Å². The molecule has 0 saturated heterocycles. The molecule has 0 atom stereocenters. The molecule has 0 amide bonds. The number of hydrogen-bond acceptors (Lipinski definition) is 3. The number of hydrogen-bond donors (Lipinski definition) is 2. The number of rotatable bonds is 6. The van der Waals surface area contributed by atoms with E-state index in [-0.39, 0.29) is 11.5 Å². The Kier molecular flexibility index (Phi) is 5.12. The molecule has 3 nitrogen and oxygen atoms in total. The summed E-state index contributed by atoms with van der Waals surface area (Å²) in [5.41, 5.74) is 0.858. The van der Waals surface area contributed by atoms with Crippen LogP contribution in [0.5, 0.6) is 11.5 Å². The molecule has 3 heteroatoms. The predicted octanol–water partition coefficient (Wildman–Crippen LogP) is 2.72. The van der Waals surface area contributed by atoms with E-state index in [9.17, 15) is 10.2 Å². The van der Waals surface area contributed by atoms with Crippen molar-refractivity contribution in [3.8, 4) is 11.5 Å². The first-order valence-corrected chi connectivity index (χ1v) is 5.83. The second-order valence-corrected chi connectivity index (χ2v) is 4.26.